The van der Waals surface area contributed by atoms with Gasteiger partial charge in [-0.2, -0.15) is 0 Å². The number of hydrogen-bond acceptors (Lipinski definition) is 3. The van der Waals surface area contributed by atoms with E-state index in [9.17, 15) is 4.79 Å². The minimum atomic E-state index is -0.268. The zero-order chi connectivity index (χ0) is 14.1. The van der Waals surface area contributed by atoms with E-state index in [4.69, 9.17) is 10.5 Å². The molecule has 1 amide bonds. The van der Waals surface area contributed by atoms with Gasteiger partial charge in [-0.1, -0.05) is 26.0 Å². The van der Waals surface area contributed by atoms with Gasteiger partial charge in [0.15, 0.2) is 0 Å². The van der Waals surface area contributed by atoms with Crippen molar-refractivity contribution >= 4 is 5.91 Å². The minimum absolute atomic E-state index is 0.0318. The first kappa shape index (κ1) is 14.5. The molecular weight excluding hydrogens is 240 g/mol. The molecule has 0 spiro atoms. The lowest BCUT2D eigenvalue weighted by Crippen LogP contribution is -2.59. The van der Waals surface area contributed by atoms with Crippen molar-refractivity contribution in [3.63, 3.8) is 0 Å². The second kappa shape index (κ2) is 5.25. The lowest BCUT2D eigenvalue weighted by atomic mass is 9.57. The molecule has 2 rings (SSSR count). The molecule has 1 heterocycles. The maximum atomic E-state index is 12.1. The maximum Gasteiger partial charge on any atom is 0.223 e. The SMILES string of the molecule is CC(CNC(=O)C1CCOCC1)[C@@]1(C)C=C[C@@]1(C)N. The van der Waals surface area contributed by atoms with Crippen molar-refractivity contribution < 1.29 is 9.53 Å². The highest BCUT2D eigenvalue weighted by atomic mass is 16.5. The van der Waals surface area contributed by atoms with Crippen LogP contribution in [-0.4, -0.2) is 31.2 Å². The number of carbonyl (C=O) groups is 1. The Labute approximate surface area is 115 Å². The van der Waals surface area contributed by atoms with Gasteiger partial charge in [0.05, 0.1) is 0 Å². The van der Waals surface area contributed by atoms with E-state index in [1.54, 1.807) is 0 Å². The van der Waals surface area contributed by atoms with E-state index < -0.39 is 0 Å². The molecule has 1 aliphatic carbocycles. The van der Waals surface area contributed by atoms with Crippen molar-refractivity contribution in [2.24, 2.45) is 23.0 Å². The first-order valence-corrected chi connectivity index (χ1v) is 7.21. The summed E-state index contributed by atoms with van der Waals surface area (Å²) in [6.45, 7) is 8.45. The van der Waals surface area contributed by atoms with Gasteiger partial charge in [-0.3, -0.25) is 4.79 Å². The third kappa shape index (κ3) is 2.70. The topological polar surface area (TPSA) is 64.3 Å². The lowest BCUT2D eigenvalue weighted by molar-refractivity contribution is -0.128. The Kier molecular flexibility index (Phi) is 4.02. The number of nitrogens with one attached hydrogen (secondary N) is 1. The van der Waals surface area contributed by atoms with Crippen LogP contribution in [0, 0.1) is 17.3 Å². The van der Waals surface area contributed by atoms with E-state index in [0.717, 1.165) is 12.8 Å². The fourth-order valence-electron chi connectivity index (χ4n) is 2.87. The molecule has 1 unspecified atom stereocenters. The Bertz CT molecular complexity index is 372. The highest BCUT2D eigenvalue weighted by molar-refractivity contribution is 5.78. The van der Waals surface area contributed by atoms with Gasteiger partial charge in [-0.25, -0.2) is 0 Å². The van der Waals surface area contributed by atoms with Crippen molar-refractivity contribution in [1.29, 1.82) is 0 Å². The van der Waals surface area contributed by atoms with E-state index in [2.05, 4.69) is 25.2 Å². The molecule has 4 nitrogen and oxygen atoms in total. The second-order valence-electron chi connectivity index (χ2n) is 6.43. The van der Waals surface area contributed by atoms with Crippen LogP contribution in [0.1, 0.15) is 33.6 Å². The quantitative estimate of drug-likeness (QED) is 0.757. The smallest absolute Gasteiger partial charge is 0.223 e. The van der Waals surface area contributed by atoms with Crippen molar-refractivity contribution in [2.75, 3.05) is 19.8 Å². The highest BCUT2D eigenvalue weighted by Gasteiger charge is 2.48. The number of ether oxygens (including phenoxy) is 1. The summed E-state index contributed by atoms with van der Waals surface area (Å²) in [4.78, 5) is 12.1. The monoisotopic (exact) mass is 266 g/mol. The molecule has 0 aromatic heterocycles. The molecule has 0 bridgehead atoms. The van der Waals surface area contributed by atoms with Crippen molar-refractivity contribution in [3.05, 3.63) is 12.2 Å². The molecule has 0 saturated carbocycles. The summed E-state index contributed by atoms with van der Waals surface area (Å²) in [5, 5.41) is 3.08. The van der Waals surface area contributed by atoms with Gasteiger partial charge in [0.2, 0.25) is 5.91 Å². The van der Waals surface area contributed by atoms with Crippen LogP contribution in [0.3, 0.4) is 0 Å². The summed E-state index contributed by atoms with van der Waals surface area (Å²) < 4.78 is 5.28. The van der Waals surface area contributed by atoms with Gasteiger partial charge in [-0.15, -0.1) is 0 Å². The number of rotatable bonds is 4. The predicted octanol–water partition coefficient (Wildman–Crippen LogP) is 1.46. The summed E-state index contributed by atoms with van der Waals surface area (Å²) in [5.41, 5.74) is 5.93. The van der Waals surface area contributed by atoms with Crippen LogP contribution in [0.25, 0.3) is 0 Å². The molecule has 1 fully saturated rings. The van der Waals surface area contributed by atoms with E-state index in [1.165, 1.54) is 0 Å². The molecule has 3 atom stereocenters. The lowest BCUT2D eigenvalue weighted by Gasteiger charge is -2.51. The van der Waals surface area contributed by atoms with Gasteiger partial charge in [0.25, 0.3) is 0 Å². The van der Waals surface area contributed by atoms with Gasteiger partial charge >= 0.3 is 0 Å². The number of carbonyl (C=O) groups excluding carboxylic acids is 1. The average molecular weight is 266 g/mol. The third-order valence-corrected chi connectivity index (χ3v) is 5.13. The largest absolute Gasteiger partial charge is 0.381 e. The summed E-state index contributed by atoms with van der Waals surface area (Å²) >= 11 is 0. The van der Waals surface area contributed by atoms with E-state index in [0.29, 0.717) is 25.7 Å². The van der Waals surface area contributed by atoms with Gasteiger partial charge < -0.3 is 15.8 Å². The van der Waals surface area contributed by atoms with E-state index >= 15 is 0 Å². The molecule has 2 aliphatic rings. The zero-order valence-electron chi connectivity index (χ0n) is 12.2. The standard InChI is InChI=1S/C15H26N2O2/c1-11(14(2)6-7-15(14,3)16)10-17-13(18)12-4-8-19-9-5-12/h6-7,11-12H,4-5,8-10,16H2,1-3H3,(H,17,18)/t11?,14-,15-/m1/s1. The third-order valence-electron chi connectivity index (χ3n) is 5.13. The van der Waals surface area contributed by atoms with Crippen LogP contribution >= 0.6 is 0 Å². The molecule has 1 aliphatic heterocycles. The molecule has 1 saturated heterocycles. The van der Waals surface area contributed by atoms with Gasteiger partial charge in [0, 0.05) is 36.6 Å². The van der Waals surface area contributed by atoms with Gasteiger partial charge in [-0.05, 0) is 25.7 Å². The van der Waals surface area contributed by atoms with Crippen LogP contribution in [0.5, 0.6) is 0 Å². The van der Waals surface area contributed by atoms with E-state index in [-0.39, 0.29) is 22.8 Å². The number of amides is 1. The Morgan fingerprint density at radius 3 is 2.53 bits per heavy atom. The fourth-order valence-corrected chi connectivity index (χ4v) is 2.87. The molecule has 0 radical (unpaired) electrons. The Hall–Kier alpha value is -0.870. The Morgan fingerprint density at radius 2 is 2.05 bits per heavy atom. The Balaban J connectivity index is 1.82. The van der Waals surface area contributed by atoms with Crippen molar-refractivity contribution in [3.8, 4) is 0 Å². The molecule has 0 aromatic rings. The molecular formula is C15H26N2O2. The first-order valence-electron chi connectivity index (χ1n) is 7.21. The molecule has 19 heavy (non-hydrogen) atoms. The average Bonchev–Trinajstić information content (AvgIpc) is 2.43. The predicted molar refractivity (Wildman–Crippen MR) is 75.6 cm³/mol. The van der Waals surface area contributed by atoms with Gasteiger partial charge in [0.1, 0.15) is 0 Å². The normalized spacial score (nSPS) is 36.6. The minimum Gasteiger partial charge on any atom is -0.381 e. The fraction of sp³-hybridized carbons (Fsp3) is 0.800. The van der Waals surface area contributed by atoms with Crippen LogP contribution in [0.2, 0.25) is 0 Å². The maximum absolute atomic E-state index is 12.1. The van der Waals surface area contributed by atoms with Crippen LogP contribution in [0.15, 0.2) is 12.2 Å². The van der Waals surface area contributed by atoms with E-state index in [1.807, 2.05) is 13.0 Å². The zero-order valence-corrected chi connectivity index (χ0v) is 12.2. The van der Waals surface area contributed by atoms with Crippen molar-refractivity contribution in [2.45, 2.75) is 39.2 Å². The molecule has 0 aromatic carbocycles. The summed E-state index contributed by atoms with van der Waals surface area (Å²) in [5.74, 6) is 0.618. The number of hydrogen-bond donors (Lipinski definition) is 2. The van der Waals surface area contributed by atoms with Crippen LogP contribution < -0.4 is 11.1 Å². The first-order chi connectivity index (χ1) is 8.87. The summed E-state index contributed by atoms with van der Waals surface area (Å²) in [6, 6.07) is 0. The van der Waals surface area contributed by atoms with Crippen LogP contribution in [0.4, 0.5) is 0 Å². The summed E-state index contributed by atoms with van der Waals surface area (Å²) in [7, 11) is 0. The second-order valence-corrected chi connectivity index (χ2v) is 6.43. The highest BCUT2D eigenvalue weighted by Crippen LogP contribution is 2.46. The van der Waals surface area contributed by atoms with Crippen molar-refractivity contribution in [1.82, 2.24) is 5.32 Å². The Morgan fingerprint density at radius 1 is 1.42 bits per heavy atom. The molecule has 108 valence electrons. The number of nitrogens with two attached hydrogens (primary N) is 1. The molecule has 3 N–H and O–H groups in total. The molecule has 4 heteroatoms. The van der Waals surface area contributed by atoms with Crippen LogP contribution in [-0.2, 0) is 9.53 Å². The summed E-state index contributed by atoms with van der Waals surface area (Å²) in [6.07, 6.45) is 5.89.